The number of hydrogen-bond acceptors (Lipinski definition) is 3. The number of aliphatic carboxylic acids is 1. The number of benzene rings is 2. The number of aromatic nitrogens is 3. The largest absolute Gasteiger partial charge is 0.479 e. The van der Waals surface area contributed by atoms with E-state index in [0.29, 0.717) is 27.4 Å². The van der Waals surface area contributed by atoms with Gasteiger partial charge in [0.05, 0.1) is 11.7 Å². The Labute approximate surface area is 189 Å². The van der Waals surface area contributed by atoms with Crippen LogP contribution >= 0.6 is 0 Å². The van der Waals surface area contributed by atoms with E-state index in [1.54, 1.807) is 25.3 Å². The maximum atomic E-state index is 15.9. The topological polar surface area (TPSA) is 80.1 Å². The molecule has 1 saturated carbocycles. The molecule has 0 bridgehead atoms. The Balaban J connectivity index is 1.85. The van der Waals surface area contributed by atoms with Gasteiger partial charge in [-0.05, 0) is 67.0 Å². The van der Waals surface area contributed by atoms with Gasteiger partial charge >= 0.3 is 5.97 Å². The molecule has 2 N–H and O–H groups in total. The van der Waals surface area contributed by atoms with E-state index in [4.69, 9.17) is 4.74 Å². The average molecular weight is 453 g/mol. The van der Waals surface area contributed by atoms with Crippen LogP contribution in [0.1, 0.15) is 55.3 Å². The Morgan fingerprint density at radius 1 is 1.30 bits per heavy atom. The lowest BCUT2D eigenvalue weighted by Gasteiger charge is -2.43. The number of carboxylic acids is 1. The fraction of sp³-hybridized carbons (Fsp3) is 0.360. The predicted octanol–water partition coefficient (Wildman–Crippen LogP) is 5.56. The van der Waals surface area contributed by atoms with Crippen molar-refractivity contribution in [2.24, 2.45) is 0 Å². The molecule has 8 heteroatoms. The number of nitrogens with one attached hydrogen (secondary N) is 1. The van der Waals surface area contributed by atoms with E-state index in [-0.39, 0.29) is 30.5 Å². The van der Waals surface area contributed by atoms with E-state index < -0.39 is 17.4 Å². The maximum Gasteiger partial charge on any atom is 0.335 e. The summed E-state index contributed by atoms with van der Waals surface area (Å²) < 4.78 is 37.3. The third-order valence-electron chi connectivity index (χ3n) is 6.97. The summed E-state index contributed by atoms with van der Waals surface area (Å²) >= 11 is 0. The third-order valence-corrected chi connectivity index (χ3v) is 6.97. The molecule has 0 saturated heterocycles. The first-order valence-electron chi connectivity index (χ1n) is 10.9. The third kappa shape index (κ3) is 3.00. The number of ether oxygens (including phenoxy) is 1. The molecule has 4 aromatic rings. The normalized spacial score (nSPS) is 20.6. The minimum Gasteiger partial charge on any atom is -0.479 e. The van der Waals surface area contributed by atoms with E-state index in [1.165, 1.54) is 13.2 Å². The van der Waals surface area contributed by atoms with E-state index in [1.807, 2.05) is 24.5 Å². The lowest BCUT2D eigenvalue weighted by atomic mass is 9.66. The SMILES string of the molecule is COC1(C(=O)O)CC(c2c(C(C)C)n(-c3ccc(F)c(C)c3)c3cc4cn[nH]c4c(F)c23)C1. The first-order chi connectivity index (χ1) is 15.7. The van der Waals surface area contributed by atoms with Gasteiger partial charge in [-0.25, -0.2) is 13.6 Å². The van der Waals surface area contributed by atoms with Crippen molar-refractivity contribution in [3.05, 3.63) is 58.9 Å². The highest BCUT2D eigenvalue weighted by Gasteiger charge is 2.53. The van der Waals surface area contributed by atoms with Crippen LogP contribution in [0.3, 0.4) is 0 Å². The summed E-state index contributed by atoms with van der Waals surface area (Å²) in [7, 11) is 1.40. The van der Waals surface area contributed by atoms with Crippen molar-refractivity contribution in [2.75, 3.05) is 7.11 Å². The van der Waals surface area contributed by atoms with Crippen LogP contribution in [-0.4, -0.2) is 38.6 Å². The molecule has 33 heavy (non-hydrogen) atoms. The Morgan fingerprint density at radius 2 is 2.03 bits per heavy atom. The quantitative estimate of drug-likeness (QED) is 0.414. The molecular weight excluding hydrogens is 428 g/mol. The molecule has 2 heterocycles. The zero-order valence-electron chi connectivity index (χ0n) is 18.9. The van der Waals surface area contributed by atoms with Crippen LogP contribution in [0.4, 0.5) is 8.78 Å². The highest BCUT2D eigenvalue weighted by atomic mass is 19.1. The summed E-state index contributed by atoms with van der Waals surface area (Å²) in [4.78, 5) is 11.8. The molecule has 0 spiro atoms. The molecule has 172 valence electrons. The van der Waals surface area contributed by atoms with Crippen LogP contribution in [0.2, 0.25) is 0 Å². The van der Waals surface area contributed by atoms with Crippen LogP contribution in [0, 0.1) is 18.6 Å². The number of methoxy groups -OCH3 is 1. The molecule has 6 nitrogen and oxygen atoms in total. The van der Waals surface area contributed by atoms with Crippen molar-refractivity contribution in [3.63, 3.8) is 0 Å². The summed E-state index contributed by atoms with van der Waals surface area (Å²) in [6.45, 7) is 5.74. The number of aromatic amines is 1. The number of nitrogens with zero attached hydrogens (tertiary/aromatic N) is 2. The number of aryl methyl sites for hydroxylation is 1. The van der Waals surface area contributed by atoms with Crippen LogP contribution in [0.5, 0.6) is 0 Å². The van der Waals surface area contributed by atoms with E-state index in [9.17, 15) is 14.3 Å². The number of halogens is 2. The first kappa shape index (κ1) is 21.6. The van der Waals surface area contributed by atoms with E-state index in [2.05, 4.69) is 10.2 Å². The molecule has 0 radical (unpaired) electrons. The van der Waals surface area contributed by atoms with Gasteiger partial charge in [-0.1, -0.05) is 13.8 Å². The molecule has 5 rings (SSSR count). The van der Waals surface area contributed by atoms with Gasteiger partial charge in [-0.2, -0.15) is 5.10 Å². The fourth-order valence-electron chi connectivity index (χ4n) is 5.25. The van der Waals surface area contributed by atoms with Crippen molar-refractivity contribution < 1.29 is 23.4 Å². The van der Waals surface area contributed by atoms with Crippen LogP contribution in [0.25, 0.3) is 27.5 Å². The second-order valence-electron chi connectivity index (χ2n) is 9.25. The number of hydrogen-bond donors (Lipinski definition) is 2. The zero-order valence-corrected chi connectivity index (χ0v) is 18.9. The van der Waals surface area contributed by atoms with Crippen molar-refractivity contribution >= 4 is 27.8 Å². The summed E-state index contributed by atoms with van der Waals surface area (Å²) in [6.07, 6.45) is 2.07. The van der Waals surface area contributed by atoms with Crippen LogP contribution in [-0.2, 0) is 9.53 Å². The Morgan fingerprint density at radius 3 is 2.64 bits per heavy atom. The van der Waals surface area contributed by atoms with Gasteiger partial charge in [0, 0.05) is 29.3 Å². The molecule has 0 amide bonds. The summed E-state index contributed by atoms with van der Waals surface area (Å²) in [5.74, 6) is -1.94. The second-order valence-corrected chi connectivity index (χ2v) is 9.25. The van der Waals surface area contributed by atoms with Gasteiger partial charge in [0.1, 0.15) is 11.3 Å². The number of carboxylic acid groups (broad SMARTS) is 1. The highest BCUT2D eigenvalue weighted by Crippen LogP contribution is 2.52. The molecule has 0 unspecified atom stereocenters. The minimum absolute atomic E-state index is 0.00370. The molecule has 0 atom stereocenters. The smallest absolute Gasteiger partial charge is 0.335 e. The lowest BCUT2D eigenvalue weighted by molar-refractivity contribution is -0.175. The average Bonchev–Trinajstić information content (AvgIpc) is 3.33. The van der Waals surface area contributed by atoms with Crippen molar-refractivity contribution in [2.45, 2.75) is 51.0 Å². The molecular formula is C25H25F2N3O3. The fourth-order valence-corrected chi connectivity index (χ4v) is 5.25. The Hall–Kier alpha value is -3.26. The standard InChI is InChI=1S/C25H25F2N3O3/c1-12(2)23-19(15-9-25(10-15,33-4)24(31)32)20-18(8-14-11-28-29-22(14)21(20)27)30(23)16-5-6-17(26)13(3)7-16/h5-8,11-12,15H,9-10H2,1-4H3,(H,28,29)(H,31,32). The monoisotopic (exact) mass is 453 g/mol. The lowest BCUT2D eigenvalue weighted by Crippen LogP contribution is -2.51. The van der Waals surface area contributed by atoms with Crippen molar-refractivity contribution in [1.82, 2.24) is 14.8 Å². The molecule has 1 aliphatic rings. The predicted molar refractivity (Wildman–Crippen MR) is 121 cm³/mol. The van der Waals surface area contributed by atoms with Gasteiger partial charge in [0.25, 0.3) is 0 Å². The van der Waals surface area contributed by atoms with Gasteiger partial charge in [-0.3, -0.25) is 5.10 Å². The minimum atomic E-state index is -1.27. The number of rotatable bonds is 5. The second kappa shape index (κ2) is 7.38. The molecule has 0 aliphatic heterocycles. The highest BCUT2D eigenvalue weighted by molar-refractivity contribution is 6.00. The Kier molecular flexibility index (Phi) is 4.83. The molecule has 2 aromatic carbocycles. The molecule has 1 fully saturated rings. The zero-order chi connectivity index (χ0) is 23.7. The van der Waals surface area contributed by atoms with E-state index in [0.717, 1.165) is 16.9 Å². The van der Waals surface area contributed by atoms with E-state index >= 15 is 4.39 Å². The van der Waals surface area contributed by atoms with Crippen LogP contribution in [0.15, 0.2) is 30.5 Å². The van der Waals surface area contributed by atoms with Gasteiger partial charge in [-0.15, -0.1) is 0 Å². The van der Waals surface area contributed by atoms with Crippen molar-refractivity contribution in [1.29, 1.82) is 0 Å². The summed E-state index contributed by atoms with van der Waals surface area (Å²) in [5, 5.41) is 17.5. The van der Waals surface area contributed by atoms with Gasteiger partial charge < -0.3 is 14.4 Å². The first-order valence-corrected chi connectivity index (χ1v) is 10.9. The maximum absolute atomic E-state index is 15.9. The number of fused-ring (bicyclic) bond motifs is 2. The van der Waals surface area contributed by atoms with Crippen LogP contribution < -0.4 is 0 Å². The van der Waals surface area contributed by atoms with Gasteiger partial charge in [0.2, 0.25) is 0 Å². The van der Waals surface area contributed by atoms with Gasteiger partial charge in [0.15, 0.2) is 11.4 Å². The molecule has 1 aliphatic carbocycles. The Bertz CT molecular complexity index is 1410. The number of carbonyl (C=O) groups is 1. The number of H-pyrrole nitrogens is 1. The summed E-state index contributed by atoms with van der Waals surface area (Å²) in [6, 6.07) is 6.73. The molecule has 2 aromatic heterocycles. The summed E-state index contributed by atoms with van der Waals surface area (Å²) in [5.41, 5.74) is 2.57. The van der Waals surface area contributed by atoms with Crippen molar-refractivity contribution in [3.8, 4) is 5.69 Å².